The van der Waals surface area contributed by atoms with Crippen LogP contribution in [0.1, 0.15) is 23.2 Å². The summed E-state index contributed by atoms with van der Waals surface area (Å²) in [7, 11) is 0. The number of nitrogens with one attached hydrogen (secondary N) is 1. The zero-order valence-electron chi connectivity index (χ0n) is 13.7. The molecule has 5 nitrogen and oxygen atoms in total. The topological polar surface area (TPSA) is 75.4 Å². The summed E-state index contributed by atoms with van der Waals surface area (Å²) in [6.07, 6.45) is 1.58. The van der Waals surface area contributed by atoms with E-state index in [1.165, 1.54) is 0 Å². The molecule has 0 bridgehead atoms. The van der Waals surface area contributed by atoms with E-state index in [4.69, 9.17) is 5.73 Å². The van der Waals surface area contributed by atoms with Crippen LogP contribution in [0.25, 0.3) is 0 Å². The quantitative estimate of drug-likeness (QED) is 0.823. The van der Waals surface area contributed by atoms with Gasteiger partial charge in [-0.2, -0.15) is 0 Å². The molecule has 0 spiro atoms. The number of benzene rings is 2. The van der Waals surface area contributed by atoms with Crippen molar-refractivity contribution < 1.29 is 9.59 Å². The summed E-state index contributed by atoms with van der Waals surface area (Å²) in [5, 5.41) is 2.90. The van der Waals surface area contributed by atoms with Crippen LogP contribution in [0.15, 0.2) is 53.0 Å². The number of hydrogen-bond donors (Lipinski definition) is 2. The van der Waals surface area contributed by atoms with Crippen LogP contribution in [-0.4, -0.2) is 24.9 Å². The van der Waals surface area contributed by atoms with E-state index in [0.717, 1.165) is 41.8 Å². The molecule has 0 radical (unpaired) electrons. The molecule has 3 N–H and O–H groups in total. The van der Waals surface area contributed by atoms with Gasteiger partial charge in [0.15, 0.2) is 0 Å². The number of halogens is 1. The van der Waals surface area contributed by atoms with Crippen molar-refractivity contribution in [3.05, 3.63) is 58.6 Å². The molecule has 130 valence electrons. The molecule has 6 heteroatoms. The van der Waals surface area contributed by atoms with E-state index >= 15 is 0 Å². The number of piperidine rings is 1. The number of carbonyl (C=O) groups is 2. The monoisotopic (exact) mass is 401 g/mol. The van der Waals surface area contributed by atoms with Crippen molar-refractivity contribution in [3.63, 3.8) is 0 Å². The third-order valence-electron chi connectivity index (χ3n) is 4.51. The summed E-state index contributed by atoms with van der Waals surface area (Å²) in [4.78, 5) is 25.8. The van der Waals surface area contributed by atoms with Gasteiger partial charge in [-0.3, -0.25) is 9.59 Å². The first-order chi connectivity index (χ1) is 12.0. The highest BCUT2D eigenvalue weighted by molar-refractivity contribution is 9.10. The molecule has 1 fully saturated rings. The lowest BCUT2D eigenvalue weighted by Gasteiger charge is -2.32. The van der Waals surface area contributed by atoms with Crippen LogP contribution < -0.4 is 16.0 Å². The van der Waals surface area contributed by atoms with E-state index in [0.29, 0.717) is 5.56 Å². The van der Waals surface area contributed by atoms with Crippen molar-refractivity contribution >= 4 is 39.1 Å². The highest BCUT2D eigenvalue weighted by atomic mass is 79.9. The van der Waals surface area contributed by atoms with Crippen LogP contribution in [0.3, 0.4) is 0 Å². The van der Waals surface area contributed by atoms with E-state index in [-0.39, 0.29) is 17.7 Å². The highest BCUT2D eigenvalue weighted by Crippen LogP contribution is 2.25. The van der Waals surface area contributed by atoms with Gasteiger partial charge in [-0.05, 0) is 65.2 Å². The molecule has 1 aliphatic rings. The molecule has 3 rings (SSSR count). The average molecular weight is 402 g/mol. The van der Waals surface area contributed by atoms with Crippen molar-refractivity contribution in [3.8, 4) is 0 Å². The minimum atomic E-state index is -0.204. The Morgan fingerprint density at radius 2 is 1.68 bits per heavy atom. The first-order valence-electron chi connectivity index (χ1n) is 8.25. The molecule has 2 amide bonds. The molecular weight excluding hydrogens is 382 g/mol. The third-order valence-corrected chi connectivity index (χ3v) is 5.20. The molecule has 2 aromatic carbocycles. The molecule has 0 aromatic heterocycles. The van der Waals surface area contributed by atoms with Crippen LogP contribution in [0.2, 0.25) is 0 Å². The maximum absolute atomic E-state index is 12.3. The Labute approximate surface area is 155 Å². The van der Waals surface area contributed by atoms with Crippen molar-refractivity contribution in [2.75, 3.05) is 23.3 Å². The Bertz CT molecular complexity index is 768. The molecular formula is C19H20BrN3O2. The van der Waals surface area contributed by atoms with Gasteiger partial charge in [0.05, 0.1) is 5.56 Å². The molecule has 0 aliphatic carbocycles. The summed E-state index contributed by atoms with van der Waals surface area (Å²) in [6, 6.07) is 15.1. The Kier molecular flexibility index (Phi) is 5.38. The number of hydrogen-bond acceptors (Lipinski definition) is 3. The summed E-state index contributed by atoms with van der Waals surface area (Å²) >= 11 is 3.39. The zero-order valence-corrected chi connectivity index (χ0v) is 15.3. The van der Waals surface area contributed by atoms with Gasteiger partial charge in [0.1, 0.15) is 0 Å². The second kappa shape index (κ2) is 7.70. The first kappa shape index (κ1) is 17.5. The number of nitrogens with two attached hydrogens (primary N) is 1. The largest absolute Gasteiger partial charge is 0.371 e. The second-order valence-corrected chi connectivity index (χ2v) is 7.00. The smallest absolute Gasteiger partial charge is 0.256 e. The van der Waals surface area contributed by atoms with Crippen molar-refractivity contribution in [1.29, 1.82) is 0 Å². The lowest BCUT2D eigenvalue weighted by atomic mass is 9.96. The van der Waals surface area contributed by atoms with Crippen LogP contribution in [0.5, 0.6) is 0 Å². The molecule has 25 heavy (non-hydrogen) atoms. The minimum Gasteiger partial charge on any atom is -0.371 e. The lowest BCUT2D eigenvalue weighted by molar-refractivity contribution is -0.122. The van der Waals surface area contributed by atoms with E-state index in [2.05, 4.69) is 26.1 Å². The molecule has 0 saturated carbocycles. The number of amides is 2. The van der Waals surface area contributed by atoms with E-state index in [1.807, 2.05) is 42.5 Å². The zero-order chi connectivity index (χ0) is 17.8. The van der Waals surface area contributed by atoms with Crippen LogP contribution in [-0.2, 0) is 4.79 Å². The first-order valence-corrected chi connectivity index (χ1v) is 9.04. The highest BCUT2D eigenvalue weighted by Gasteiger charge is 2.23. The van der Waals surface area contributed by atoms with E-state index in [9.17, 15) is 9.59 Å². The fourth-order valence-electron chi connectivity index (χ4n) is 3.02. The average Bonchev–Trinajstić information content (AvgIpc) is 2.63. The predicted molar refractivity (Wildman–Crippen MR) is 103 cm³/mol. The molecule has 0 unspecified atom stereocenters. The maximum Gasteiger partial charge on any atom is 0.256 e. The van der Waals surface area contributed by atoms with Crippen molar-refractivity contribution in [2.24, 2.45) is 11.7 Å². The van der Waals surface area contributed by atoms with Gasteiger partial charge in [-0.15, -0.1) is 0 Å². The summed E-state index contributed by atoms with van der Waals surface area (Å²) in [5.41, 5.74) is 7.80. The van der Waals surface area contributed by atoms with Gasteiger partial charge in [0, 0.05) is 34.9 Å². The predicted octanol–water partition coefficient (Wildman–Crippen LogP) is 3.40. The Morgan fingerprint density at radius 1 is 1.04 bits per heavy atom. The number of primary amides is 1. The fourth-order valence-corrected chi connectivity index (χ4v) is 3.49. The minimum absolute atomic E-state index is 0.0147. The summed E-state index contributed by atoms with van der Waals surface area (Å²) < 4.78 is 0.765. The number of nitrogens with zero attached hydrogens (tertiary/aromatic N) is 1. The van der Waals surface area contributed by atoms with Gasteiger partial charge in [0.25, 0.3) is 5.91 Å². The maximum atomic E-state index is 12.3. The van der Waals surface area contributed by atoms with E-state index in [1.54, 1.807) is 6.07 Å². The van der Waals surface area contributed by atoms with Gasteiger partial charge in [-0.25, -0.2) is 0 Å². The van der Waals surface area contributed by atoms with Gasteiger partial charge >= 0.3 is 0 Å². The standard InChI is InChI=1S/C19H20BrN3O2/c20-17-4-2-1-3-16(17)19(25)22-14-5-7-15(8-6-14)23-11-9-13(10-12-23)18(21)24/h1-8,13H,9-12H2,(H2,21,24)(H,22,25). The van der Waals surface area contributed by atoms with Crippen LogP contribution in [0.4, 0.5) is 11.4 Å². The van der Waals surface area contributed by atoms with Gasteiger partial charge < -0.3 is 16.0 Å². The SMILES string of the molecule is NC(=O)C1CCN(c2ccc(NC(=O)c3ccccc3Br)cc2)CC1. The molecule has 0 atom stereocenters. The molecule has 2 aromatic rings. The van der Waals surface area contributed by atoms with Crippen molar-refractivity contribution in [2.45, 2.75) is 12.8 Å². The van der Waals surface area contributed by atoms with Gasteiger partial charge in [-0.1, -0.05) is 12.1 Å². The molecule has 1 aliphatic heterocycles. The second-order valence-electron chi connectivity index (χ2n) is 6.14. The van der Waals surface area contributed by atoms with Crippen LogP contribution >= 0.6 is 15.9 Å². The Balaban J connectivity index is 1.62. The number of rotatable bonds is 4. The summed E-state index contributed by atoms with van der Waals surface area (Å²) in [6.45, 7) is 1.63. The Morgan fingerprint density at radius 3 is 2.28 bits per heavy atom. The number of anilines is 2. The normalized spacial score (nSPS) is 15.0. The Hall–Kier alpha value is -2.34. The number of carbonyl (C=O) groups excluding carboxylic acids is 2. The lowest BCUT2D eigenvalue weighted by Crippen LogP contribution is -2.38. The van der Waals surface area contributed by atoms with Crippen LogP contribution in [0, 0.1) is 5.92 Å². The fraction of sp³-hybridized carbons (Fsp3) is 0.263. The molecule has 1 heterocycles. The molecule has 1 saturated heterocycles. The summed E-state index contributed by atoms with van der Waals surface area (Å²) in [5.74, 6) is -0.369. The van der Waals surface area contributed by atoms with Crippen molar-refractivity contribution in [1.82, 2.24) is 0 Å². The van der Waals surface area contributed by atoms with E-state index < -0.39 is 0 Å². The van der Waals surface area contributed by atoms with Gasteiger partial charge in [0.2, 0.25) is 5.91 Å². The third kappa shape index (κ3) is 4.20.